The summed E-state index contributed by atoms with van der Waals surface area (Å²) < 4.78 is 10.3. The molecule has 0 fully saturated rings. The van der Waals surface area contributed by atoms with Crippen molar-refractivity contribution in [1.82, 2.24) is 9.97 Å². The van der Waals surface area contributed by atoms with Gasteiger partial charge in [0.05, 0.1) is 30.1 Å². The van der Waals surface area contributed by atoms with Crippen LogP contribution in [0.5, 0.6) is 0 Å². The molecule has 0 aromatic carbocycles. The van der Waals surface area contributed by atoms with Gasteiger partial charge in [0.2, 0.25) is 0 Å². The Hall–Kier alpha value is -4.53. The van der Waals surface area contributed by atoms with E-state index in [0.29, 0.717) is 28.9 Å². The zero-order valence-electron chi connectivity index (χ0n) is 25.4. The molecular formula is C34H36N4O5. The zero-order valence-corrected chi connectivity index (χ0v) is 25.4. The van der Waals surface area contributed by atoms with E-state index in [0.717, 1.165) is 56.5 Å². The smallest absolute Gasteiger partial charge is 0.347 e. The van der Waals surface area contributed by atoms with Gasteiger partial charge in [0.25, 0.3) is 0 Å². The number of fused-ring (bicyclic) bond motifs is 6. The van der Waals surface area contributed by atoms with Crippen molar-refractivity contribution in [3.8, 4) is 0 Å². The van der Waals surface area contributed by atoms with Crippen LogP contribution >= 0.6 is 0 Å². The number of methoxy groups -OCH3 is 1. The Morgan fingerprint density at radius 1 is 1.12 bits per heavy atom. The lowest BCUT2D eigenvalue weighted by Gasteiger charge is -2.29. The molecule has 9 heteroatoms. The van der Waals surface area contributed by atoms with Crippen molar-refractivity contribution in [2.75, 3.05) is 7.11 Å². The van der Waals surface area contributed by atoms with Gasteiger partial charge in [-0.25, -0.2) is 9.79 Å². The predicted molar refractivity (Wildman–Crippen MR) is 166 cm³/mol. The molecule has 2 unspecified atom stereocenters. The van der Waals surface area contributed by atoms with Gasteiger partial charge in [-0.3, -0.25) is 14.6 Å². The molecule has 222 valence electrons. The number of aromatic nitrogens is 2. The van der Waals surface area contributed by atoms with Crippen molar-refractivity contribution in [3.05, 3.63) is 67.8 Å². The fourth-order valence-corrected chi connectivity index (χ4v) is 7.04. The van der Waals surface area contributed by atoms with Crippen molar-refractivity contribution in [2.24, 2.45) is 21.8 Å². The molecule has 0 amide bonds. The number of aliphatic imine (C=N–C) groups is 2. The number of ether oxygens (including phenoxy) is 2. The molecule has 2 N–H and O–H groups in total. The van der Waals surface area contributed by atoms with Crippen LogP contribution in [0.3, 0.4) is 0 Å². The van der Waals surface area contributed by atoms with Crippen LogP contribution in [0.1, 0.15) is 84.4 Å². The number of H-pyrrole nitrogens is 2. The Labute approximate surface area is 249 Å². The van der Waals surface area contributed by atoms with Crippen molar-refractivity contribution in [3.63, 3.8) is 0 Å². The highest BCUT2D eigenvalue weighted by Gasteiger charge is 2.49. The van der Waals surface area contributed by atoms with Crippen LogP contribution in [0.25, 0.3) is 24.3 Å². The molecule has 0 saturated carbocycles. The first-order valence-electron chi connectivity index (χ1n) is 14.8. The number of allylic oxidation sites excluding steroid dienone is 2. The van der Waals surface area contributed by atoms with Gasteiger partial charge in [-0.2, -0.15) is 0 Å². The summed E-state index contributed by atoms with van der Waals surface area (Å²) in [6.45, 7) is 14.2. The normalized spacial score (nSPS) is 26.9. The second-order valence-electron chi connectivity index (χ2n) is 11.7. The maximum atomic E-state index is 13.5. The number of carbonyl (C=O) groups is 3. The zero-order chi connectivity index (χ0) is 30.7. The lowest BCUT2D eigenvalue weighted by molar-refractivity contribution is -0.141. The largest absolute Gasteiger partial charge is 0.469 e. The first-order valence-corrected chi connectivity index (χ1v) is 14.8. The van der Waals surface area contributed by atoms with E-state index < -0.39 is 23.9 Å². The van der Waals surface area contributed by atoms with E-state index in [4.69, 9.17) is 19.5 Å². The molecule has 8 bridgehead atoms. The lowest BCUT2D eigenvalue weighted by Crippen LogP contribution is -2.38. The first-order chi connectivity index (χ1) is 20.6. The lowest BCUT2D eigenvalue weighted by atomic mass is 9.77. The molecule has 0 saturated heterocycles. The Bertz CT molecular complexity index is 1860. The Kier molecular flexibility index (Phi) is 7.07. The van der Waals surface area contributed by atoms with Gasteiger partial charge in [0.1, 0.15) is 5.92 Å². The molecule has 6 rings (SSSR count). The number of esters is 3. The third kappa shape index (κ3) is 4.49. The summed E-state index contributed by atoms with van der Waals surface area (Å²) in [5.41, 5.74) is 8.91. The Morgan fingerprint density at radius 2 is 1.88 bits per heavy atom. The van der Waals surface area contributed by atoms with Gasteiger partial charge in [0, 0.05) is 45.7 Å². The summed E-state index contributed by atoms with van der Waals surface area (Å²) >= 11 is 0. The van der Waals surface area contributed by atoms with E-state index in [2.05, 4.69) is 43.4 Å². The molecule has 6 heterocycles. The molecule has 2 aromatic heterocycles. The van der Waals surface area contributed by atoms with Crippen LogP contribution in [0.2, 0.25) is 0 Å². The van der Waals surface area contributed by atoms with Gasteiger partial charge in [0.15, 0.2) is 0 Å². The number of hydrogen-bond donors (Lipinski definition) is 2. The van der Waals surface area contributed by atoms with Crippen LogP contribution in [-0.2, 0) is 19.1 Å². The van der Waals surface area contributed by atoms with E-state index in [1.807, 2.05) is 32.1 Å². The summed E-state index contributed by atoms with van der Waals surface area (Å²) in [6, 6.07) is -0.554. The number of aromatic amines is 2. The second kappa shape index (κ2) is 10.6. The second-order valence-corrected chi connectivity index (χ2v) is 11.7. The molecule has 0 spiro atoms. The highest BCUT2D eigenvalue weighted by Crippen LogP contribution is 2.44. The van der Waals surface area contributed by atoms with Gasteiger partial charge in [-0.1, -0.05) is 26.5 Å². The van der Waals surface area contributed by atoms with E-state index in [1.165, 1.54) is 7.11 Å². The summed E-state index contributed by atoms with van der Waals surface area (Å²) in [6.07, 6.45) is 9.30. The molecule has 0 aliphatic carbocycles. The number of nitrogens with zero attached hydrogens (tertiary/aromatic N) is 2. The summed E-state index contributed by atoms with van der Waals surface area (Å²) in [7, 11) is 1.37. The van der Waals surface area contributed by atoms with Crippen molar-refractivity contribution < 1.29 is 23.9 Å². The van der Waals surface area contributed by atoms with Crippen LogP contribution in [0.15, 0.2) is 33.4 Å². The fraction of sp³-hybridized carbons (Fsp3) is 0.382. The van der Waals surface area contributed by atoms with Gasteiger partial charge in [-0.15, -0.1) is 0 Å². The molecular weight excluding hydrogens is 544 g/mol. The number of rotatable bonds is 5. The van der Waals surface area contributed by atoms with Crippen LogP contribution < -0.4 is 10.7 Å². The average molecular weight is 581 g/mol. The maximum Gasteiger partial charge on any atom is 0.347 e. The van der Waals surface area contributed by atoms with Gasteiger partial charge in [-0.05, 0) is 80.0 Å². The molecule has 4 aliphatic heterocycles. The average Bonchev–Trinajstić information content (AvgIpc) is 3.65. The Morgan fingerprint density at radius 3 is 2.58 bits per heavy atom. The topological polar surface area (TPSA) is 126 Å². The third-order valence-electron chi connectivity index (χ3n) is 9.54. The summed E-state index contributed by atoms with van der Waals surface area (Å²) in [4.78, 5) is 55.9. The highest BCUT2D eigenvalue weighted by molar-refractivity contribution is 6.23. The number of cyclic esters (lactones) is 2. The minimum Gasteiger partial charge on any atom is -0.469 e. The number of nitrogens with one attached hydrogen (secondary N) is 2. The van der Waals surface area contributed by atoms with E-state index in [1.54, 1.807) is 0 Å². The molecule has 4 aliphatic rings. The van der Waals surface area contributed by atoms with Crippen molar-refractivity contribution in [2.45, 2.75) is 65.8 Å². The minimum absolute atomic E-state index is 0.0862. The summed E-state index contributed by atoms with van der Waals surface area (Å²) in [5.74, 6) is -2.74. The molecule has 9 nitrogen and oxygen atoms in total. The first kappa shape index (κ1) is 28.6. The highest BCUT2D eigenvalue weighted by atomic mass is 16.6. The van der Waals surface area contributed by atoms with Crippen LogP contribution in [0, 0.1) is 25.7 Å². The number of hydrogen-bond acceptors (Lipinski definition) is 7. The minimum atomic E-state index is -0.842. The van der Waals surface area contributed by atoms with Crippen LogP contribution in [0.4, 0.5) is 0 Å². The maximum absolute atomic E-state index is 13.5. The summed E-state index contributed by atoms with van der Waals surface area (Å²) in [5, 5.41) is 1.79. The van der Waals surface area contributed by atoms with E-state index in [9.17, 15) is 14.4 Å². The Balaban J connectivity index is 1.65. The third-order valence-corrected chi connectivity index (χ3v) is 9.54. The molecule has 0 radical (unpaired) electrons. The molecule has 43 heavy (non-hydrogen) atoms. The van der Waals surface area contributed by atoms with E-state index >= 15 is 0 Å². The molecule has 4 atom stereocenters. The quantitative estimate of drug-likeness (QED) is 0.405. The van der Waals surface area contributed by atoms with Crippen molar-refractivity contribution in [1.29, 1.82) is 0 Å². The fourth-order valence-electron chi connectivity index (χ4n) is 7.04. The SMILES string of the molecule is C=Cc1c(C)/c2[nH]/c1=C\C1=NC(=C\c3[nH]c4c(c3C)C(=O)OC(=O)C4C3N=C(\C=2)[C@@H](C)[C@@H]3CCC(=O)OC)/C(CC)=C1C. The monoisotopic (exact) mass is 580 g/mol. The predicted octanol–water partition coefficient (Wildman–Crippen LogP) is 4.21. The van der Waals surface area contributed by atoms with Gasteiger partial charge < -0.3 is 19.4 Å². The number of carbonyl (C=O) groups excluding carboxylic acids is 3. The standard InChI is InChI=1S/C34H36N4O5/c1-8-19-15(3)22-12-24-17(5)21(10-11-28(39)42-7)31(37-24)30-32-29(33(40)43-34(30)41)18(6)25(38-32)14-27-20(9-2)16(4)23(36-27)13-26(19)35-22/h8,12-14,17,21,30-31,35,38H,1,9-11H2,2-7H3/b22-12-,26-13-,27-14-/t17-,21-,30?,31?/m0/s1. The van der Waals surface area contributed by atoms with Gasteiger partial charge >= 0.3 is 17.9 Å². The molecule has 2 aromatic rings. The van der Waals surface area contributed by atoms with E-state index in [-0.39, 0.29) is 24.2 Å². The van der Waals surface area contributed by atoms with Crippen molar-refractivity contribution >= 4 is 53.6 Å². The van der Waals surface area contributed by atoms with Crippen LogP contribution in [-0.4, -0.2) is 52.5 Å².